The van der Waals surface area contributed by atoms with Crippen molar-refractivity contribution in [2.75, 3.05) is 11.9 Å². The molecule has 0 spiro atoms. The lowest BCUT2D eigenvalue weighted by molar-refractivity contribution is 0.0990. The molecule has 1 aromatic heterocycles. The molecule has 0 unspecified atom stereocenters. The number of amides is 1. The SMILES string of the molecule is CN(C(=O)c1cc(Br)ccc1O)c1nc2ccc(Br)cc2s1. The van der Waals surface area contributed by atoms with Crippen molar-refractivity contribution in [3.05, 3.63) is 50.9 Å². The molecule has 0 radical (unpaired) electrons. The molecule has 0 fully saturated rings. The Morgan fingerprint density at radius 1 is 1.18 bits per heavy atom. The molecule has 0 atom stereocenters. The minimum Gasteiger partial charge on any atom is -0.507 e. The summed E-state index contributed by atoms with van der Waals surface area (Å²) in [5, 5.41) is 10.5. The van der Waals surface area contributed by atoms with Crippen LogP contribution in [0.4, 0.5) is 5.13 Å². The predicted octanol–water partition coefficient (Wildman–Crippen LogP) is 4.80. The van der Waals surface area contributed by atoms with Gasteiger partial charge in [0.05, 0.1) is 15.8 Å². The number of nitrogens with zero attached hydrogens (tertiary/aromatic N) is 2. The molecule has 0 aliphatic heterocycles. The summed E-state index contributed by atoms with van der Waals surface area (Å²) in [5.41, 5.74) is 1.07. The van der Waals surface area contributed by atoms with Gasteiger partial charge in [0.15, 0.2) is 5.13 Å². The molecule has 0 saturated heterocycles. The Morgan fingerprint density at radius 2 is 1.86 bits per heavy atom. The predicted molar refractivity (Wildman–Crippen MR) is 95.9 cm³/mol. The third-order valence-electron chi connectivity index (χ3n) is 3.12. The molecule has 1 amide bonds. The summed E-state index contributed by atoms with van der Waals surface area (Å²) in [6, 6.07) is 10.5. The standard InChI is InChI=1S/C15H10Br2N2O2S/c1-19(14(21)10-6-8(16)3-5-12(10)20)15-18-11-4-2-9(17)7-13(11)22-15/h2-7,20H,1H3. The lowest BCUT2D eigenvalue weighted by Crippen LogP contribution is -2.26. The van der Waals surface area contributed by atoms with Crippen molar-refractivity contribution in [3.63, 3.8) is 0 Å². The van der Waals surface area contributed by atoms with E-state index >= 15 is 0 Å². The van der Waals surface area contributed by atoms with Crippen molar-refractivity contribution in [2.45, 2.75) is 0 Å². The van der Waals surface area contributed by atoms with Crippen molar-refractivity contribution in [1.82, 2.24) is 4.98 Å². The molecule has 0 saturated carbocycles. The number of hydrogen-bond donors (Lipinski definition) is 1. The number of phenolic OH excluding ortho intramolecular Hbond substituents is 1. The number of aromatic nitrogens is 1. The summed E-state index contributed by atoms with van der Waals surface area (Å²) < 4.78 is 2.69. The number of carbonyl (C=O) groups is 1. The van der Waals surface area contributed by atoms with Gasteiger partial charge < -0.3 is 5.11 Å². The molecular formula is C15H10Br2N2O2S. The van der Waals surface area contributed by atoms with Crippen LogP contribution < -0.4 is 4.90 Å². The van der Waals surface area contributed by atoms with Crippen LogP contribution in [0.2, 0.25) is 0 Å². The van der Waals surface area contributed by atoms with Crippen LogP contribution >= 0.6 is 43.2 Å². The number of benzene rings is 2. The molecule has 1 N–H and O–H groups in total. The van der Waals surface area contributed by atoms with Crippen LogP contribution in [0.5, 0.6) is 5.75 Å². The van der Waals surface area contributed by atoms with E-state index in [0.717, 1.165) is 19.2 Å². The molecule has 1 heterocycles. The first kappa shape index (κ1) is 15.5. The number of hydrogen-bond acceptors (Lipinski definition) is 4. The van der Waals surface area contributed by atoms with E-state index in [2.05, 4.69) is 36.8 Å². The largest absolute Gasteiger partial charge is 0.507 e. The minimum atomic E-state index is -0.308. The van der Waals surface area contributed by atoms with Gasteiger partial charge >= 0.3 is 0 Å². The second kappa shape index (κ2) is 5.98. The lowest BCUT2D eigenvalue weighted by Gasteiger charge is -2.14. The molecule has 112 valence electrons. The Labute approximate surface area is 147 Å². The fraction of sp³-hybridized carbons (Fsp3) is 0.0667. The van der Waals surface area contributed by atoms with Crippen LogP contribution in [0.1, 0.15) is 10.4 Å². The Morgan fingerprint density at radius 3 is 2.64 bits per heavy atom. The topological polar surface area (TPSA) is 53.4 Å². The van der Waals surface area contributed by atoms with E-state index in [1.807, 2.05) is 18.2 Å². The molecule has 3 aromatic rings. The van der Waals surface area contributed by atoms with Crippen LogP contribution in [-0.4, -0.2) is 23.0 Å². The van der Waals surface area contributed by atoms with Gasteiger partial charge in [-0.05, 0) is 36.4 Å². The summed E-state index contributed by atoms with van der Waals surface area (Å²) >= 11 is 8.15. The molecule has 4 nitrogen and oxygen atoms in total. The van der Waals surface area contributed by atoms with E-state index in [0.29, 0.717) is 5.13 Å². The quantitative estimate of drug-likeness (QED) is 0.621. The number of aromatic hydroxyl groups is 1. The number of anilines is 1. The monoisotopic (exact) mass is 440 g/mol. The van der Waals surface area contributed by atoms with Gasteiger partial charge in [-0.15, -0.1) is 0 Å². The summed E-state index contributed by atoms with van der Waals surface area (Å²) in [4.78, 5) is 18.5. The summed E-state index contributed by atoms with van der Waals surface area (Å²) in [6.07, 6.45) is 0. The Hall–Kier alpha value is -1.44. The lowest BCUT2D eigenvalue weighted by atomic mass is 10.2. The first-order valence-electron chi connectivity index (χ1n) is 6.28. The van der Waals surface area contributed by atoms with Crippen LogP contribution in [0.3, 0.4) is 0 Å². The smallest absolute Gasteiger partial charge is 0.263 e. The van der Waals surface area contributed by atoms with Crippen molar-refractivity contribution in [3.8, 4) is 5.75 Å². The fourth-order valence-corrected chi connectivity index (χ4v) is 3.82. The fourth-order valence-electron chi connectivity index (χ4n) is 1.98. The maximum absolute atomic E-state index is 12.6. The van der Waals surface area contributed by atoms with Crippen molar-refractivity contribution < 1.29 is 9.90 Å². The van der Waals surface area contributed by atoms with E-state index in [9.17, 15) is 9.90 Å². The van der Waals surface area contributed by atoms with Gasteiger partial charge in [-0.2, -0.15) is 0 Å². The normalized spacial score (nSPS) is 10.9. The average Bonchev–Trinajstić information content (AvgIpc) is 2.91. The molecule has 22 heavy (non-hydrogen) atoms. The third kappa shape index (κ3) is 2.88. The molecule has 0 aliphatic rings. The van der Waals surface area contributed by atoms with Crippen LogP contribution in [-0.2, 0) is 0 Å². The van der Waals surface area contributed by atoms with Gasteiger partial charge in [-0.3, -0.25) is 9.69 Å². The molecule has 0 bridgehead atoms. The van der Waals surface area contributed by atoms with E-state index < -0.39 is 0 Å². The summed E-state index contributed by atoms with van der Waals surface area (Å²) in [5.74, 6) is -0.360. The van der Waals surface area contributed by atoms with Crippen molar-refractivity contribution in [1.29, 1.82) is 0 Å². The highest BCUT2D eigenvalue weighted by Crippen LogP contribution is 2.32. The number of carbonyl (C=O) groups excluding carboxylic acids is 1. The first-order chi connectivity index (χ1) is 10.5. The highest BCUT2D eigenvalue weighted by molar-refractivity contribution is 9.10. The van der Waals surface area contributed by atoms with Crippen molar-refractivity contribution >= 4 is 64.5 Å². The maximum Gasteiger partial charge on any atom is 0.263 e. The van der Waals surface area contributed by atoms with Gasteiger partial charge in [-0.25, -0.2) is 4.98 Å². The van der Waals surface area contributed by atoms with Crippen molar-refractivity contribution in [2.24, 2.45) is 0 Å². The van der Waals surface area contributed by atoms with Gasteiger partial charge in [0.25, 0.3) is 5.91 Å². The third-order valence-corrected chi connectivity index (χ3v) is 5.20. The van der Waals surface area contributed by atoms with Gasteiger partial charge in [0.1, 0.15) is 5.75 Å². The number of fused-ring (bicyclic) bond motifs is 1. The second-order valence-electron chi connectivity index (χ2n) is 4.63. The van der Waals surface area contributed by atoms with E-state index in [4.69, 9.17) is 0 Å². The molecule has 0 aliphatic carbocycles. The van der Waals surface area contributed by atoms with Crippen LogP contribution in [0, 0.1) is 0 Å². The number of rotatable bonds is 2. The number of halogens is 2. The molecule has 3 rings (SSSR count). The van der Waals surface area contributed by atoms with Crippen LogP contribution in [0.25, 0.3) is 10.2 Å². The van der Waals surface area contributed by atoms with Gasteiger partial charge in [-0.1, -0.05) is 43.2 Å². The minimum absolute atomic E-state index is 0.0519. The Bertz CT molecular complexity index is 879. The first-order valence-corrected chi connectivity index (χ1v) is 8.68. The van der Waals surface area contributed by atoms with Gasteiger partial charge in [0.2, 0.25) is 0 Å². The maximum atomic E-state index is 12.6. The molecule has 2 aromatic carbocycles. The average molecular weight is 442 g/mol. The zero-order valence-corrected chi connectivity index (χ0v) is 15.4. The number of thiazole rings is 1. The zero-order chi connectivity index (χ0) is 15.9. The van der Waals surface area contributed by atoms with Gasteiger partial charge in [0, 0.05) is 16.0 Å². The van der Waals surface area contributed by atoms with E-state index in [1.54, 1.807) is 19.2 Å². The summed E-state index contributed by atoms with van der Waals surface area (Å²) in [6.45, 7) is 0. The summed E-state index contributed by atoms with van der Waals surface area (Å²) in [7, 11) is 1.65. The highest BCUT2D eigenvalue weighted by atomic mass is 79.9. The van der Waals surface area contributed by atoms with Crippen LogP contribution in [0.15, 0.2) is 45.3 Å². The van der Waals surface area contributed by atoms with E-state index in [1.165, 1.54) is 22.3 Å². The molecule has 7 heteroatoms. The Kier molecular flexibility index (Phi) is 4.20. The number of phenols is 1. The molecular weight excluding hydrogens is 432 g/mol. The highest BCUT2D eigenvalue weighted by Gasteiger charge is 2.20. The zero-order valence-electron chi connectivity index (χ0n) is 11.4. The second-order valence-corrected chi connectivity index (χ2v) is 7.47. The Balaban J connectivity index is 1.99. The van der Waals surface area contributed by atoms with E-state index in [-0.39, 0.29) is 17.2 Å².